The van der Waals surface area contributed by atoms with E-state index in [2.05, 4.69) is 10.1 Å². The standard InChI is InChI=1S/C20H24F4N4O/c1-10(2)28-16(17-12-6-19(21,9-29-3)7-13(12)17)5-15(27-28)11-4-14(20(22,23)24)18(25)26-8-11/h4-5,8,10,12-13,17H,6-7,9H2,1-3H3,(H2,25,26). The van der Waals surface area contributed by atoms with Crippen LogP contribution in [0.2, 0.25) is 0 Å². The third kappa shape index (κ3) is 3.49. The van der Waals surface area contributed by atoms with Crippen molar-refractivity contribution in [3.8, 4) is 11.3 Å². The van der Waals surface area contributed by atoms with Crippen molar-refractivity contribution < 1.29 is 22.3 Å². The van der Waals surface area contributed by atoms with Crippen LogP contribution in [0.15, 0.2) is 18.3 Å². The summed E-state index contributed by atoms with van der Waals surface area (Å²) in [5.74, 6) is 0.0436. The van der Waals surface area contributed by atoms with Crippen molar-refractivity contribution in [1.82, 2.24) is 14.8 Å². The van der Waals surface area contributed by atoms with E-state index in [0.717, 1.165) is 11.8 Å². The lowest BCUT2D eigenvalue weighted by atomic mass is 9.96. The highest BCUT2D eigenvalue weighted by atomic mass is 19.4. The smallest absolute Gasteiger partial charge is 0.383 e. The number of halogens is 4. The number of fused-ring (bicyclic) bond motifs is 1. The van der Waals surface area contributed by atoms with Crippen LogP contribution in [-0.4, -0.2) is 34.1 Å². The van der Waals surface area contributed by atoms with Crippen molar-refractivity contribution in [3.05, 3.63) is 29.6 Å². The Hall–Kier alpha value is -2.16. The first-order valence-electron chi connectivity index (χ1n) is 9.64. The zero-order chi connectivity index (χ0) is 21.1. The Kier molecular flexibility index (Phi) is 4.64. The van der Waals surface area contributed by atoms with Crippen LogP contribution in [0.1, 0.15) is 49.9 Å². The van der Waals surface area contributed by atoms with Gasteiger partial charge in [-0.05, 0) is 50.7 Å². The van der Waals surface area contributed by atoms with Gasteiger partial charge >= 0.3 is 6.18 Å². The van der Waals surface area contributed by atoms with Crippen LogP contribution in [0.3, 0.4) is 0 Å². The summed E-state index contributed by atoms with van der Waals surface area (Å²) in [5, 5.41) is 4.54. The van der Waals surface area contributed by atoms with Gasteiger partial charge in [0.1, 0.15) is 11.5 Å². The Morgan fingerprint density at radius 3 is 2.48 bits per heavy atom. The molecule has 2 heterocycles. The molecule has 0 spiro atoms. The number of pyridine rings is 1. The van der Waals surface area contributed by atoms with E-state index in [0.29, 0.717) is 18.5 Å². The number of ether oxygens (including phenoxy) is 1. The van der Waals surface area contributed by atoms with E-state index in [1.807, 2.05) is 24.6 Å². The lowest BCUT2D eigenvalue weighted by Crippen LogP contribution is -2.27. The average Bonchev–Trinajstić information content (AvgIpc) is 2.96. The second-order valence-electron chi connectivity index (χ2n) is 8.49. The maximum absolute atomic E-state index is 14.7. The summed E-state index contributed by atoms with van der Waals surface area (Å²) in [6.07, 6.45) is -2.40. The van der Waals surface area contributed by atoms with Crippen LogP contribution in [0, 0.1) is 11.8 Å². The van der Waals surface area contributed by atoms with Crippen molar-refractivity contribution >= 4 is 5.82 Å². The molecule has 0 bridgehead atoms. The van der Waals surface area contributed by atoms with E-state index in [1.165, 1.54) is 13.3 Å². The predicted molar refractivity (Wildman–Crippen MR) is 99.9 cm³/mol. The third-order valence-electron chi connectivity index (χ3n) is 6.05. The van der Waals surface area contributed by atoms with Crippen LogP contribution in [0.4, 0.5) is 23.4 Å². The van der Waals surface area contributed by atoms with Crippen LogP contribution in [-0.2, 0) is 10.9 Å². The number of nitrogen functional groups attached to an aromatic ring is 1. The maximum Gasteiger partial charge on any atom is 0.419 e. The Bertz CT molecular complexity index is 912. The summed E-state index contributed by atoms with van der Waals surface area (Å²) in [6, 6.07) is 2.82. The molecule has 29 heavy (non-hydrogen) atoms. The summed E-state index contributed by atoms with van der Waals surface area (Å²) < 4.78 is 61.2. The van der Waals surface area contributed by atoms with Gasteiger partial charge in [-0.1, -0.05) is 0 Å². The van der Waals surface area contributed by atoms with Gasteiger partial charge in [0.25, 0.3) is 0 Å². The van der Waals surface area contributed by atoms with E-state index in [1.54, 1.807) is 0 Å². The highest BCUT2D eigenvalue weighted by Crippen LogP contribution is 2.67. The quantitative estimate of drug-likeness (QED) is 0.729. The Labute approximate surface area is 166 Å². The van der Waals surface area contributed by atoms with Gasteiger partial charge in [-0.2, -0.15) is 18.3 Å². The van der Waals surface area contributed by atoms with E-state index in [9.17, 15) is 17.6 Å². The van der Waals surface area contributed by atoms with Crippen molar-refractivity contribution in [1.29, 1.82) is 0 Å². The molecule has 2 aliphatic carbocycles. The molecule has 2 aromatic rings. The first-order chi connectivity index (χ1) is 13.5. The molecule has 2 saturated carbocycles. The van der Waals surface area contributed by atoms with Gasteiger partial charge in [0, 0.05) is 36.5 Å². The van der Waals surface area contributed by atoms with Gasteiger partial charge < -0.3 is 10.5 Å². The molecule has 2 N–H and O–H groups in total. The second-order valence-corrected chi connectivity index (χ2v) is 8.49. The number of hydrogen-bond acceptors (Lipinski definition) is 4. The summed E-state index contributed by atoms with van der Waals surface area (Å²) in [6.45, 7) is 4.02. The number of hydrogen-bond donors (Lipinski definition) is 1. The number of rotatable bonds is 5. The van der Waals surface area contributed by atoms with Crippen molar-refractivity contribution in [2.45, 2.75) is 50.5 Å². The fourth-order valence-corrected chi connectivity index (χ4v) is 4.80. The van der Waals surface area contributed by atoms with Gasteiger partial charge in [-0.25, -0.2) is 9.37 Å². The van der Waals surface area contributed by atoms with Gasteiger partial charge in [0.05, 0.1) is 17.9 Å². The van der Waals surface area contributed by atoms with Crippen molar-refractivity contribution in [3.63, 3.8) is 0 Å². The lowest BCUT2D eigenvalue weighted by molar-refractivity contribution is -0.137. The Morgan fingerprint density at radius 1 is 1.28 bits per heavy atom. The fourth-order valence-electron chi connectivity index (χ4n) is 4.80. The van der Waals surface area contributed by atoms with Crippen LogP contribution in [0.5, 0.6) is 0 Å². The number of nitrogens with two attached hydrogens (primary N) is 1. The summed E-state index contributed by atoms with van der Waals surface area (Å²) in [5.41, 5.74) is 4.77. The van der Waals surface area contributed by atoms with Crippen LogP contribution >= 0.6 is 0 Å². The van der Waals surface area contributed by atoms with Crippen LogP contribution in [0.25, 0.3) is 11.3 Å². The molecule has 0 radical (unpaired) electrons. The predicted octanol–water partition coefficient (Wildman–Crippen LogP) is 4.61. The molecular formula is C20H24F4N4O. The topological polar surface area (TPSA) is 66.0 Å². The van der Waals surface area contributed by atoms with E-state index in [4.69, 9.17) is 10.5 Å². The number of nitrogens with zero attached hydrogens (tertiary/aromatic N) is 3. The zero-order valence-corrected chi connectivity index (χ0v) is 16.5. The Morgan fingerprint density at radius 2 is 1.93 bits per heavy atom. The molecule has 4 rings (SSSR count). The largest absolute Gasteiger partial charge is 0.419 e. The molecule has 2 aromatic heterocycles. The average molecular weight is 412 g/mol. The zero-order valence-electron chi connectivity index (χ0n) is 16.5. The highest BCUT2D eigenvalue weighted by molar-refractivity contribution is 5.63. The molecule has 9 heteroatoms. The minimum atomic E-state index is -4.59. The monoisotopic (exact) mass is 412 g/mol. The molecular weight excluding hydrogens is 388 g/mol. The van der Waals surface area contributed by atoms with Crippen LogP contribution < -0.4 is 5.73 Å². The number of anilines is 1. The molecule has 0 aliphatic heterocycles. The van der Waals surface area contributed by atoms with E-state index >= 15 is 0 Å². The second kappa shape index (κ2) is 6.68. The van der Waals surface area contributed by atoms with E-state index in [-0.39, 0.29) is 36.0 Å². The third-order valence-corrected chi connectivity index (χ3v) is 6.05. The SMILES string of the molecule is COCC1(F)CC2C(C1)C2c1cc(-c2cnc(N)c(C(F)(F)F)c2)nn1C(C)C. The highest BCUT2D eigenvalue weighted by Gasteiger charge is 2.63. The molecule has 2 atom stereocenters. The molecule has 158 valence electrons. The van der Waals surface area contributed by atoms with Crippen molar-refractivity contribution in [2.75, 3.05) is 19.5 Å². The molecule has 5 nitrogen and oxygen atoms in total. The first-order valence-corrected chi connectivity index (χ1v) is 9.64. The molecule has 2 fully saturated rings. The number of alkyl halides is 4. The maximum atomic E-state index is 14.7. The first kappa shape index (κ1) is 20.1. The fraction of sp³-hybridized carbons (Fsp3) is 0.600. The van der Waals surface area contributed by atoms with Gasteiger partial charge in [0.2, 0.25) is 0 Å². The van der Waals surface area contributed by atoms with Gasteiger partial charge in [-0.15, -0.1) is 0 Å². The minimum Gasteiger partial charge on any atom is -0.383 e. The summed E-state index contributed by atoms with van der Waals surface area (Å²) in [4.78, 5) is 3.71. The normalized spacial score (nSPS) is 28.8. The lowest BCUT2D eigenvalue weighted by Gasteiger charge is -2.22. The Balaban J connectivity index is 1.65. The minimum absolute atomic E-state index is 0.0259. The van der Waals surface area contributed by atoms with Crippen molar-refractivity contribution in [2.24, 2.45) is 11.8 Å². The molecule has 0 saturated heterocycles. The summed E-state index contributed by atoms with van der Waals surface area (Å²) >= 11 is 0. The van der Waals surface area contributed by atoms with E-state index < -0.39 is 23.2 Å². The molecule has 0 aromatic carbocycles. The number of aromatic nitrogens is 3. The molecule has 0 amide bonds. The number of methoxy groups -OCH3 is 1. The van der Waals surface area contributed by atoms with Gasteiger partial charge in [0.15, 0.2) is 0 Å². The summed E-state index contributed by atoms with van der Waals surface area (Å²) in [7, 11) is 1.50. The molecule has 2 unspecified atom stereocenters. The molecule has 2 aliphatic rings. The van der Waals surface area contributed by atoms with Gasteiger partial charge in [-0.3, -0.25) is 4.68 Å².